The first-order valence-electron chi connectivity index (χ1n) is 9.05. The van der Waals surface area contributed by atoms with E-state index < -0.39 is 25.9 Å². The predicted octanol–water partition coefficient (Wildman–Crippen LogP) is 3.22. The smallest absolute Gasteiger partial charge is 0.241 e. The lowest BCUT2D eigenvalue weighted by atomic mass is 10.2. The molecule has 1 heterocycles. The molecule has 29 heavy (non-hydrogen) atoms. The van der Waals surface area contributed by atoms with Crippen LogP contribution in [0.3, 0.4) is 0 Å². The Morgan fingerprint density at radius 3 is 2.38 bits per heavy atom. The maximum absolute atomic E-state index is 13.0. The average Bonchev–Trinajstić information content (AvgIpc) is 3.16. The standard InChI is InChI=1S/C20H23N3O4S2/c1-4-17(20-21-13-18(22-20)15-8-6-5-7-9-15)23-29(26,27)19-12-16(28(3,24)25)11-10-14(19)2/h5-13,17,23H,4H2,1-3H3,(H,21,22). The summed E-state index contributed by atoms with van der Waals surface area (Å²) < 4.78 is 52.3. The summed E-state index contributed by atoms with van der Waals surface area (Å²) in [6.07, 6.45) is 3.17. The van der Waals surface area contributed by atoms with E-state index >= 15 is 0 Å². The summed E-state index contributed by atoms with van der Waals surface area (Å²) >= 11 is 0. The van der Waals surface area contributed by atoms with Crippen molar-refractivity contribution in [2.24, 2.45) is 0 Å². The monoisotopic (exact) mass is 433 g/mol. The Morgan fingerprint density at radius 2 is 1.76 bits per heavy atom. The first-order valence-corrected chi connectivity index (χ1v) is 12.4. The lowest BCUT2D eigenvalue weighted by molar-refractivity contribution is 0.538. The van der Waals surface area contributed by atoms with Crippen LogP contribution < -0.4 is 4.72 Å². The molecule has 0 spiro atoms. The van der Waals surface area contributed by atoms with Crippen LogP contribution in [0.5, 0.6) is 0 Å². The van der Waals surface area contributed by atoms with Gasteiger partial charge in [-0.2, -0.15) is 0 Å². The number of nitrogens with one attached hydrogen (secondary N) is 2. The topological polar surface area (TPSA) is 109 Å². The number of hydrogen-bond acceptors (Lipinski definition) is 5. The highest BCUT2D eigenvalue weighted by Gasteiger charge is 2.25. The average molecular weight is 434 g/mol. The van der Waals surface area contributed by atoms with Crippen LogP contribution in [-0.4, -0.2) is 33.1 Å². The van der Waals surface area contributed by atoms with Crippen molar-refractivity contribution in [3.8, 4) is 11.3 Å². The molecule has 1 aromatic heterocycles. The lowest BCUT2D eigenvalue weighted by Crippen LogP contribution is -2.29. The zero-order valence-corrected chi connectivity index (χ0v) is 18.0. The molecule has 0 aliphatic heterocycles. The number of nitrogens with zero attached hydrogens (tertiary/aromatic N) is 1. The molecule has 9 heteroatoms. The molecule has 7 nitrogen and oxygen atoms in total. The van der Waals surface area contributed by atoms with E-state index in [2.05, 4.69) is 14.7 Å². The van der Waals surface area contributed by atoms with Crippen molar-refractivity contribution >= 4 is 19.9 Å². The third-order valence-corrected chi connectivity index (χ3v) is 7.32. The maximum Gasteiger partial charge on any atom is 0.241 e. The van der Waals surface area contributed by atoms with Gasteiger partial charge in [-0.3, -0.25) is 0 Å². The molecule has 2 N–H and O–H groups in total. The minimum Gasteiger partial charge on any atom is -0.341 e. The molecule has 0 amide bonds. The van der Waals surface area contributed by atoms with Gasteiger partial charge in [-0.1, -0.05) is 43.3 Å². The second kappa shape index (κ2) is 8.10. The Kier molecular flexibility index (Phi) is 5.92. The van der Waals surface area contributed by atoms with Crippen LogP contribution >= 0.6 is 0 Å². The predicted molar refractivity (Wildman–Crippen MR) is 112 cm³/mol. The number of H-pyrrole nitrogens is 1. The Hall–Kier alpha value is -2.49. The Labute approximate surface area is 171 Å². The second-order valence-electron chi connectivity index (χ2n) is 6.83. The number of benzene rings is 2. The maximum atomic E-state index is 13.0. The van der Waals surface area contributed by atoms with Gasteiger partial charge >= 0.3 is 0 Å². The van der Waals surface area contributed by atoms with Crippen LogP contribution in [0.15, 0.2) is 64.5 Å². The number of aromatic amines is 1. The Morgan fingerprint density at radius 1 is 1.07 bits per heavy atom. The summed E-state index contributed by atoms with van der Waals surface area (Å²) in [5, 5.41) is 0. The van der Waals surface area contributed by atoms with Crippen molar-refractivity contribution in [1.29, 1.82) is 0 Å². The molecule has 0 saturated heterocycles. The van der Waals surface area contributed by atoms with Crippen molar-refractivity contribution in [3.63, 3.8) is 0 Å². The second-order valence-corrected chi connectivity index (χ2v) is 10.5. The van der Waals surface area contributed by atoms with Crippen molar-refractivity contribution in [2.45, 2.75) is 36.1 Å². The van der Waals surface area contributed by atoms with E-state index in [0.29, 0.717) is 17.8 Å². The normalized spacial score (nSPS) is 13.3. The van der Waals surface area contributed by atoms with Gasteiger partial charge in [0.15, 0.2) is 9.84 Å². The van der Waals surface area contributed by atoms with Gasteiger partial charge in [0.1, 0.15) is 5.82 Å². The first-order chi connectivity index (χ1) is 13.6. The highest BCUT2D eigenvalue weighted by molar-refractivity contribution is 7.91. The summed E-state index contributed by atoms with van der Waals surface area (Å²) in [5.41, 5.74) is 2.19. The van der Waals surface area contributed by atoms with Gasteiger partial charge < -0.3 is 4.98 Å². The van der Waals surface area contributed by atoms with E-state index in [1.165, 1.54) is 18.2 Å². The van der Waals surface area contributed by atoms with Crippen molar-refractivity contribution < 1.29 is 16.8 Å². The van der Waals surface area contributed by atoms with Crippen molar-refractivity contribution in [3.05, 3.63) is 66.1 Å². The van der Waals surface area contributed by atoms with E-state index in [1.54, 1.807) is 13.1 Å². The number of aromatic nitrogens is 2. The fraction of sp³-hybridized carbons (Fsp3) is 0.250. The van der Waals surface area contributed by atoms with Gasteiger partial charge in [-0.25, -0.2) is 26.5 Å². The zero-order chi connectivity index (χ0) is 21.2. The van der Waals surface area contributed by atoms with Gasteiger partial charge in [0, 0.05) is 6.26 Å². The number of aryl methyl sites for hydroxylation is 1. The van der Waals surface area contributed by atoms with Crippen molar-refractivity contribution in [2.75, 3.05) is 6.26 Å². The first kappa shape index (κ1) is 21.2. The van der Waals surface area contributed by atoms with Gasteiger partial charge in [0.05, 0.1) is 27.7 Å². The van der Waals surface area contributed by atoms with E-state index in [1.807, 2.05) is 37.3 Å². The van der Waals surface area contributed by atoms with E-state index in [-0.39, 0.29) is 9.79 Å². The quantitative estimate of drug-likeness (QED) is 0.595. The van der Waals surface area contributed by atoms with Crippen molar-refractivity contribution in [1.82, 2.24) is 14.7 Å². The summed E-state index contributed by atoms with van der Waals surface area (Å²) in [7, 11) is -7.49. The Balaban J connectivity index is 1.92. The molecule has 154 valence electrons. The third kappa shape index (κ3) is 4.75. The fourth-order valence-electron chi connectivity index (χ4n) is 2.96. The highest BCUT2D eigenvalue weighted by atomic mass is 32.2. The van der Waals surface area contributed by atoms with Crippen LogP contribution in [0, 0.1) is 6.92 Å². The minimum absolute atomic E-state index is 0.0408. The van der Waals surface area contributed by atoms with Crippen LogP contribution in [-0.2, 0) is 19.9 Å². The highest BCUT2D eigenvalue weighted by Crippen LogP contribution is 2.25. The van der Waals surface area contributed by atoms with Crippen LogP contribution in [0.25, 0.3) is 11.3 Å². The van der Waals surface area contributed by atoms with Crippen LogP contribution in [0.2, 0.25) is 0 Å². The molecule has 0 aliphatic carbocycles. The number of rotatable bonds is 7. The summed E-state index contributed by atoms with van der Waals surface area (Å²) in [6.45, 7) is 3.47. The molecule has 2 aromatic carbocycles. The van der Waals surface area contributed by atoms with Gasteiger partial charge in [0.25, 0.3) is 0 Å². The number of sulfonamides is 1. The van der Waals surface area contributed by atoms with Gasteiger partial charge in [-0.05, 0) is 36.6 Å². The molecule has 3 rings (SSSR count). The number of imidazole rings is 1. The van der Waals surface area contributed by atoms with E-state index in [0.717, 1.165) is 17.5 Å². The molecule has 0 aliphatic rings. The van der Waals surface area contributed by atoms with E-state index in [9.17, 15) is 16.8 Å². The van der Waals surface area contributed by atoms with Crippen LogP contribution in [0.1, 0.15) is 30.8 Å². The lowest BCUT2D eigenvalue weighted by Gasteiger charge is -2.17. The minimum atomic E-state index is -3.96. The molecular formula is C20H23N3O4S2. The molecular weight excluding hydrogens is 410 g/mol. The van der Waals surface area contributed by atoms with Gasteiger partial charge in [0.2, 0.25) is 10.0 Å². The summed E-state index contributed by atoms with van der Waals surface area (Å²) in [5.74, 6) is 0.492. The molecule has 0 fully saturated rings. The van der Waals surface area contributed by atoms with Gasteiger partial charge in [-0.15, -0.1) is 0 Å². The summed E-state index contributed by atoms with van der Waals surface area (Å²) in [6, 6.07) is 13.1. The molecule has 1 unspecified atom stereocenters. The molecule has 0 saturated carbocycles. The number of hydrogen-bond donors (Lipinski definition) is 2. The number of sulfone groups is 1. The fourth-order valence-corrected chi connectivity index (χ4v) is 5.24. The SMILES string of the molecule is CCC(NS(=O)(=O)c1cc(S(C)(=O)=O)ccc1C)c1ncc(-c2ccccc2)[nH]1. The van der Waals surface area contributed by atoms with E-state index in [4.69, 9.17) is 0 Å². The third-order valence-electron chi connectivity index (χ3n) is 4.59. The van der Waals surface area contributed by atoms with Crippen LogP contribution in [0.4, 0.5) is 0 Å². The molecule has 3 aromatic rings. The zero-order valence-electron chi connectivity index (χ0n) is 16.4. The molecule has 0 radical (unpaired) electrons. The molecule has 1 atom stereocenters. The Bertz CT molecular complexity index is 1220. The summed E-state index contributed by atoms with van der Waals surface area (Å²) in [4.78, 5) is 7.41. The largest absolute Gasteiger partial charge is 0.341 e. The molecule has 0 bridgehead atoms.